The van der Waals surface area contributed by atoms with Crippen LogP contribution in [0.15, 0.2) is 51.8 Å². The Morgan fingerprint density at radius 2 is 1.85 bits per heavy atom. The normalized spacial score (nSPS) is 21.8. The molecular formula is C24H30ClN5O3S. The van der Waals surface area contributed by atoms with E-state index < -0.39 is 15.3 Å². The number of halogens is 1. The van der Waals surface area contributed by atoms with Crippen LogP contribution in [0.5, 0.6) is 0 Å². The molecule has 3 N–H and O–H groups in total. The standard InChI is InChI=1S/C24H30ClN5O3S/c1-24(15-21(31)30(23(26)28-24)16-11-13-33-14-12-16)17-7-6-10-20(22(17)25)27-18-8-4-5-9-19(18)29-34(2,3)32/h4-10,16,27H,11-15H2,1-3H3,(H2,26,28)/t24-/m0/s1. The first kappa shape index (κ1) is 24.5. The number of hydrogen-bond donors (Lipinski definition) is 2. The van der Waals surface area contributed by atoms with Gasteiger partial charge in [-0.25, -0.2) is 9.20 Å². The molecule has 4 rings (SSSR count). The van der Waals surface area contributed by atoms with Crippen LogP contribution in [-0.4, -0.2) is 52.7 Å². The van der Waals surface area contributed by atoms with Crippen molar-refractivity contribution in [2.75, 3.05) is 31.0 Å². The lowest BCUT2D eigenvalue weighted by atomic mass is 9.86. The number of rotatable bonds is 5. The lowest BCUT2D eigenvalue weighted by Gasteiger charge is -2.40. The summed E-state index contributed by atoms with van der Waals surface area (Å²) in [5.41, 5.74) is 8.01. The molecule has 0 bridgehead atoms. The van der Waals surface area contributed by atoms with Gasteiger partial charge < -0.3 is 15.8 Å². The van der Waals surface area contributed by atoms with Gasteiger partial charge >= 0.3 is 0 Å². The Morgan fingerprint density at radius 3 is 2.53 bits per heavy atom. The Hall–Kier alpha value is -2.62. The zero-order chi connectivity index (χ0) is 24.5. The Labute approximate surface area is 205 Å². The molecule has 0 unspecified atom stereocenters. The maximum Gasteiger partial charge on any atom is 0.232 e. The van der Waals surface area contributed by atoms with Crippen LogP contribution < -0.4 is 11.1 Å². The van der Waals surface area contributed by atoms with Crippen molar-refractivity contribution in [2.24, 2.45) is 15.1 Å². The first-order valence-corrected chi connectivity index (χ1v) is 13.9. The van der Waals surface area contributed by atoms with Gasteiger partial charge in [-0.05, 0) is 38.0 Å². The number of benzene rings is 2. The summed E-state index contributed by atoms with van der Waals surface area (Å²) in [5.74, 6) is 0.144. The second kappa shape index (κ2) is 9.56. The van der Waals surface area contributed by atoms with Crippen molar-refractivity contribution >= 4 is 50.3 Å². The Balaban J connectivity index is 1.67. The Morgan fingerprint density at radius 1 is 1.18 bits per heavy atom. The van der Waals surface area contributed by atoms with Crippen molar-refractivity contribution in [3.05, 3.63) is 53.1 Å². The van der Waals surface area contributed by atoms with Crippen LogP contribution in [-0.2, 0) is 24.8 Å². The van der Waals surface area contributed by atoms with Crippen LogP contribution in [0, 0.1) is 0 Å². The number of nitrogens with two attached hydrogens (primary N) is 1. The minimum atomic E-state index is -2.34. The molecule has 0 aromatic heterocycles. The van der Waals surface area contributed by atoms with E-state index in [1.165, 1.54) is 0 Å². The van der Waals surface area contributed by atoms with Crippen LogP contribution in [0.3, 0.4) is 0 Å². The SMILES string of the molecule is C[C@@]1(c2cccc(Nc3ccccc3N=S(C)(C)=O)c2Cl)CC(=O)N(C2CCOCC2)C(N)=N1. The third-order valence-electron chi connectivity index (χ3n) is 6.00. The van der Waals surface area contributed by atoms with E-state index in [0.29, 0.717) is 40.9 Å². The van der Waals surface area contributed by atoms with Crippen molar-refractivity contribution in [3.63, 3.8) is 0 Å². The van der Waals surface area contributed by atoms with Gasteiger partial charge in [-0.15, -0.1) is 0 Å². The van der Waals surface area contributed by atoms with Gasteiger partial charge in [0.05, 0.1) is 34.0 Å². The second-order valence-corrected chi connectivity index (χ2v) is 12.0. The molecule has 2 aromatic carbocycles. The fourth-order valence-corrected chi connectivity index (χ4v) is 5.44. The fraction of sp³-hybridized carbons (Fsp3) is 0.417. The van der Waals surface area contributed by atoms with E-state index in [-0.39, 0.29) is 24.3 Å². The number of para-hydroxylation sites is 1. The van der Waals surface area contributed by atoms with Crippen LogP contribution in [0.4, 0.5) is 17.1 Å². The highest BCUT2D eigenvalue weighted by molar-refractivity contribution is 7.92. The number of ether oxygens (including phenoxy) is 1. The molecule has 1 atom stereocenters. The number of carbonyl (C=O) groups is 1. The molecule has 0 radical (unpaired) electrons. The third kappa shape index (κ3) is 5.21. The van der Waals surface area contributed by atoms with Gasteiger partial charge in [0.2, 0.25) is 5.91 Å². The van der Waals surface area contributed by atoms with E-state index in [1.807, 2.05) is 43.3 Å². The summed E-state index contributed by atoms with van der Waals surface area (Å²) in [6.07, 6.45) is 4.82. The summed E-state index contributed by atoms with van der Waals surface area (Å²) in [4.78, 5) is 19.6. The van der Waals surface area contributed by atoms with Crippen LogP contribution in [0.25, 0.3) is 0 Å². The molecule has 2 heterocycles. The lowest BCUT2D eigenvalue weighted by molar-refractivity contribution is -0.132. The van der Waals surface area contributed by atoms with E-state index >= 15 is 0 Å². The quantitative estimate of drug-likeness (QED) is 0.629. The van der Waals surface area contributed by atoms with Gasteiger partial charge in [-0.2, -0.15) is 4.36 Å². The Kier molecular flexibility index (Phi) is 6.89. The molecule has 10 heteroatoms. The summed E-state index contributed by atoms with van der Waals surface area (Å²) in [6.45, 7) is 3.09. The number of anilines is 2. The molecule has 2 aliphatic rings. The average Bonchev–Trinajstić information content (AvgIpc) is 2.75. The van der Waals surface area contributed by atoms with Crippen molar-refractivity contribution in [1.29, 1.82) is 0 Å². The molecule has 0 spiro atoms. The fourth-order valence-electron chi connectivity index (χ4n) is 4.43. The number of amides is 1. The maximum absolute atomic E-state index is 13.2. The van der Waals surface area contributed by atoms with E-state index in [2.05, 4.69) is 9.68 Å². The van der Waals surface area contributed by atoms with Gasteiger partial charge in [0.1, 0.15) is 0 Å². The average molecular weight is 504 g/mol. The molecule has 0 saturated carbocycles. The number of carbonyl (C=O) groups excluding carboxylic acids is 1. The smallest absolute Gasteiger partial charge is 0.232 e. The van der Waals surface area contributed by atoms with E-state index in [9.17, 15) is 9.00 Å². The Bertz CT molecular complexity index is 1240. The lowest BCUT2D eigenvalue weighted by Crippen LogP contribution is -2.55. The molecule has 2 aromatic rings. The van der Waals surface area contributed by atoms with Gasteiger partial charge in [0.15, 0.2) is 5.96 Å². The highest BCUT2D eigenvalue weighted by Crippen LogP contribution is 2.42. The molecular weight excluding hydrogens is 474 g/mol. The zero-order valence-corrected chi connectivity index (χ0v) is 21.2. The van der Waals surface area contributed by atoms with Crippen molar-refractivity contribution in [1.82, 2.24) is 4.90 Å². The molecule has 1 fully saturated rings. The van der Waals surface area contributed by atoms with E-state index in [1.54, 1.807) is 23.5 Å². The summed E-state index contributed by atoms with van der Waals surface area (Å²) < 4.78 is 22.0. The molecule has 0 aliphatic carbocycles. The van der Waals surface area contributed by atoms with E-state index in [4.69, 9.17) is 27.1 Å². The molecule has 1 saturated heterocycles. The highest BCUT2D eigenvalue weighted by atomic mass is 35.5. The first-order valence-electron chi connectivity index (χ1n) is 11.1. The molecule has 8 nitrogen and oxygen atoms in total. The summed E-state index contributed by atoms with van der Waals surface area (Å²) in [5, 5.41) is 3.74. The minimum Gasteiger partial charge on any atom is -0.381 e. The number of hydrogen-bond acceptors (Lipinski definition) is 7. The van der Waals surface area contributed by atoms with Gasteiger partial charge in [0, 0.05) is 47.1 Å². The van der Waals surface area contributed by atoms with Crippen LogP contribution in [0.1, 0.15) is 31.7 Å². The number of nitrogens with one attached hydrogen (secondary N) is 1. The minimum absolute atomic E-state index is 0.00525. The molecule has 2 aliphatic heterocycles. The third-order valence-corrected chi connectivity index (χ3v) is 7.04. The van der Waals surface area contributed by atoms with E-state index in [0.717, 1.165) is 12.8 Å². The molecule has 1 amide bonds. The predicted molar refractivity (Wildman–Crippen MR) is 138 cm³/mol. The van der Waals surface area contributed by atoms with Crippen molar-refractivity contribution < 1.29 is 13.7 Å². The molecule has 182 valence electrons. The van der Waals surface area contributed by atoms with Crippen LogP contribution >= 0.6 is 11.6 Å². The van der Waals surface area contributed by atoms with Crippen LogP contribution in [0.2, 0.25) is 5.02 Å². The van der Waals surface area contributed by atoms with Crippen molar-refractivity contribution in [3.8, 4) is 0 Å². The predicted octanol–water partition coefficient (Wildman–Crippen LogP) is 4.38. The topological polar surface area (TPSA) is 109 Å². The number of nitrogens with zero attached hydrogens (tertiary/aromatic N) is 3. The summed E-state index contributed by atoms with van der Waals surface area (Å²) >= 11 is 6.85. The molecule has 34 heavy (non-hydrogen) atoms. The zero-order valence-electron chi connectivity index (χ0n) is 19.6. The van der Waals surface area contributed by atoms with Gasteiger partial charge in [-0.3, -0.25) is 9.69 Å². The summed E-state index contributed by atoms with van der Waals surface area (Å²) in [7, 11) is -2.34. The monoisotopic (exact) mass is 503 g/mol. The maximum atomic E-state index is 13.2. The van der Waals surface area contributed by atoms with Gasteiger partial charge in [0.25, 0.3) is 0 Å². The number of aliphatic imine (C=N–C) groups is 1. The first-order chi connectivity index (χ1) is 16.1. The number of guanidine groups is 1. The second-order valence-electron chi connectivity index (χ2n) is 9.11. The highest BCUT2D eigenvalue weighted by Gasteiger charge is 2.41. The van der Waals surface area contributed by atoms with Crippen molar-refractivity contribution in [2.45, 2.75) is 37.8 Å². The summed E-state index contributed by atoms with van der Waals surface area (Å²) in [6, 6.07) is 12.9. The largest absolute Gasteiger partial charge is 0.381 e. The van der Waals surface area contributed by atoms with Gasteiger partial charge in [-0.1, -0.05) is 35.9 Å².